The lowest BCUT2D eigenvalue weighted by Crippen LogP contribution is -2.27. The molecule has 0 aromatic carbocycles. The molecule has 0 saturated carbocycles. The van der Waals surface area contributed by atoms with Gasteiger partial charge in [-0.1, -0.05) is 6.07 Å². The molecule has 0 saturated heterocycles. The van der Waals surface area contributed by atoms with Gasteiger partial charge in [-0.3, -0.25) is 4.79 Å². The molecule has 1 heterocycles. The molecule has 0 unspecified atom stereocenters. The van der Waals surface area contributed by atoms with E-state index in [1.165, 1.54) is 0 Å². The van der Waals surface area contributed by atoms with Crippen molar-refractivity contribution in [2.24, 2.45) is 0 Å². The monoisotopic (exact) mass is 193 g/mol. The predicted octanol–water partition coefficient (Wildman–Crippen LogP) is 1.22. The second-order valence-corrected chi connectivity index (χ2v) is 2.98. The Hall–Kier alpha value is -1.58. The van der Waals surface area contributed by atoms with Crippen molar-refractivity contribution in [2.45, 2.75) is 6.92 Å². The van der Waals surface area contributed by atoms with Crippen LogP contribution in [0.4, 0.5) is 5.82 Å². The van der Waals surface area contributed by atoms with Crippen LogP contribution in [0.1, 0.15) is 17.4 Å². The van der Waals surface area contributed by atoms with Crippen LogP contribution in [-0.4, -0.2) is 36.4 Å². The second-order valence-electron chi connectivity index (χ2n) is 2.98. The summed E-state index contributed by atoms with van der Waals surface area (Å²) in [4.78, 5) is 17.5. The minimum Gasteiger partial charge on any atom is -0.373 e. The molecule has 1 rings (SSSR count). The van der Waals surface area contributed by atoms with Crippen molar-refractivity contribution >= 4 is 11.7 Å². The largest absolute Gasteiger partial charge is 0.373 e. The average molecular weight is 193 g/mol. The van der Waals surface area contributed by atoms with E-state index in [4.69, 9.17) is 0 Å². The van der Waals surface area contributed by atoms with Crippen molar-refractivity contribution in [2.75, 3.05) is 26.0 Å². The zero-order valence-electron chi connectivity index (χ0n) is 8.74. The van der Waals surface area contributed by atoms with Gasteiger partial charge in [0.1, 0.15) is 11.5 Å². The number of aromatic nitrogens is 1. The van der Waals surface area contributed by atoms with Crippen LogP contribution in [0.5, 0.6) is 0 Å². The molecule has 0 aliphatic rings. The molecule has 1 aromatic heterocycles. The fourth-order valence-electron chi connectivity index (χ4n) is 1.03. The van der Waals surface area contributed by atoms with Crippen LogP contribution in [0, 0.1) is 0 Å². The number of amides is 1. The van der Waals surface area contributed by atoms with Crippen molar-refractivity contribution in [1.82, 2.24) is 9.88 Å². The molecule has 1 amide bonds. The quantitative estimate of drug-likeness (QED) is 0.785. The minimum atomic E-state index is -0.0513. The highest BCUT2D eigenvalue weighted by molar-refractivity contribution is 5.92. The third-order valence-electron chi connectivity index (χ3n) is 2.05. The van der Waals surface area contributed by atoms with Gasteiger partial charge in [-0.2, -0.15) is 0 Å². The first-order chi connectivity index (χ1) is 6.69. The number of anilines is 1. The fourth-order valence-corrected chi connectivity index (χ4v) is 1.03. The Labute approximate surface area is 83.9 Å². The highest BCUT2D eigenvalue weighted by Crippen LogP contribution is 2.05. The highest BCUT2D eigenvalue weighted by Gasteiger charge is 2.11. The van der Waals surface area contributed by atoms with Gasteiger partial charge in [0.2, 0.25) is 0 Å². The number of nitrogens with one attached hydrogen (secondary N) is 1. The van der Waals surface area contributed by atoms with Crippen molar-refractivity contribution < 1.29 is 4.79 Å². The van der Waals surface area contributed by atoms with Crippen LogP contribution in [0.3, 0.4) is 0 Å². The zero-order valence-corrected chi connectivity index (χ0v) is 8.74. The lowest BCUT2D eigenvalue weighted by atomic mass is 10.3. The molecular formula is C10H15N3O. The maximum atomic E-state index is 11.7. The van der Waals surface area contributed by atoms with E-state index in [0.717, 1.165) is 0 Å². The lowest BCUT2D eigenvalue weighted by Gasteiger charge is -2.13. The van der Waals surface area contributed by atoms with Crippen LogP contribution in [0.15, 0.2) is 18.2 Å². The van der Waals surface area contributed by atoms with Gasteiger partial charge in [-0.15, -0.1) is 0 Å². The summed E-state index contributed by atoms with van der Waals surface area (Å²) in [5.74, 6) is 0.657. The molecule has 0 radical (unpaired) electrons. The molecule has 4 heteroatoms. The molecule has 4 nitrogen and oxygen atoms in total. The van der Waals surface area contributed by atoms with Gasteiger partial charge in [-0.05, 0) is 19.1 Å². The Bertz CT molecular complexity index is 325. The normalized spacial score (nSPS) is 9.64. The number of nitrogens with zero attached hydrogens (tertiary/aromatic N) is 2. The molecule has 0 aliphatic heterocycles. The summed E-state index contributed by atoms with van der Waals surface area (Å²) in [6.45, 7) is 2.62. The maximum absolute atomic E-state index is 11.7. The summed E-state index contributed by atoms with van der Waals surface area (Å²) in [6, 6.07) is 5.35. The summed E-state index contributed by atoms with van der Waals surface area (Å²) in [7, 11) is 3.54. The Kier molecular flexibility index (Phi) is 3.45. The number of pyridine rings is 1. The Morgan fingerprint density at radius 1 is 1.57 bits per heavy atom. The summed E-state index contributed by atoms with van der Waals surface area (Å²) in [6.07, 6.45) is 0. The molecular weight excluding hydrogens is 178 g/mol. The lowest BCUT2D eigenvalue weighted by molar-refractivity contribution is 0.0797. The molecule has 14 heavy (non-hydrogen) atoms. The van der Waals surface area contributed by atoms with Gasteiger partial charge in [0.05, 0.1) is 0 Å². The van der Waals surface area contributed by atoms with Gasteiger partial charge in [0, 0.05) is 20.6 Å². The third-order valence-corrected chi connectivity index (χ3v) is 2.05. The van der Waals surface area contributed by atoms with E-state index in [9.17, 15) is 4.79 Å². The average Bonchev–Trinajstić information content (AvgIpc) is 2.27. The number of rotatable bonds is 3. The molecule has 1 aromatic rings. The Morgan fingerprint density at radius 3 is 2.86 bits per heavy atom. The number of hydrogen-bond acceptors (Lipinski definition) is 3. The fraction of sp³-hybridized carbons (Fsp3) is 0.400. The predicted molar refractivity (Wildman–Crippen MR) is 56.4 cm³/mol. The summed E-state index contributed by atoms with van der Waals surface area (Å²) >= 11 is 0. The molecule has 0 spiro atoms. The molecule has 0 fully saturated rings. The molecule has 0 atom stereocenters. The topological polar surface area (TPSA) is 45.2 Å². The van der Waals surface area contributed by atoms with Gasteiger partial charge in [0.15, 0.2) is 0 Å². The first kappa shape index (κ1) is 10.5. The van der Waals surface area contributed by atoms with E-state index in [1.54, 1.807) is 25.1 Å². The van der Waals surface area contributed by atoms with E-state index in [0.29, 0.717) is 18.1 Å². The first-order valence-electron chi connectivity index (χ1n) is 4.59. The third kappa shape index (κ3) is 2.22. The minimum absolute atomic E-state index is 0.0513. The summed E-state index contributed by atoms with van der Waals surface area (Å²) in [5, 5.41) is 2.90. The zero-order chi connectivity index (χ0) is 10.6. The first-order valence-corrected chi connectivity index (χ1v) is 4.59. The summed E-state index contributed by atoms with van der Waals surface area (Å²) in [5.41, 5.74) is 0.473. The van der Waals surface area contributed by atoms with Crippen LogP contribution < -0.4 is 5.32 Å². The van der Waals surface area contributed by atoms with Crippen molar-refractivity contribution in [3.63, 3.8) is 0 Å². The smallest absolute Gasteiger partial charge is 0.272 e. The molecule has 76 valence electrons. The maximum Gasteiger partial charge on any atom is 0.272 e. The van der Waals surface area contributed by atoms with Crippen LogP contribution in [0.25, 0.3) is 0 Å². The highest BCUT2D eigenvalue weighted by atomic mass is 16.2. The van der Waals surface area contributed by atoms with E-state index in [-0.39, 0.29) is 5.91 Å². The van der Waals surface area contributed by atoms with E-state index in [2.05, 4.69) is 10.3 Å². The van der Waals surface area contributed by atoms with E-state index < -0.39 is 0 Å². The van der Waals surface area contributed by atoms with Gasteiger partial charge in [0.25, 0.3) is 5.91 Å². The Morgan fingerprint density at radius 2 is 2.29 bits per heavy atom. The van der Waals surface area contributed by atoms with Gasteiger partial charge < -0.3 is 10.2 Å². The van der Waals surface area contributed by atoms with Crippen molar-refractivity contribution in [1.29, 1.82) is 0 Å². The van der Waals surface area contributed by atoms with E-state index in [1.807, 2.05) is 19.1 Å². The number of carbonyl (C=O) groups is 1. The van der Waals surface area contributed by atoms with Gasteiger partial charge >= 0.3 is 0 Å². The van der Waals surface area contributed by atoms with Crippen LogP contribution >= 0.6 is 0 Å². The molecule has 0 bridgehead atoms. The summed E-state index contributed by atoms with van der Waals surface area (Å²) < 4.78 is 0. The number of hydrogen-bond donors (Lipinski definition) is 1. The van der Waals surface area contributed by atoms with Crippen molar-refractivity contribution in [3.05, 3.63) is 23.9 Å². The van der Waals surface area contributed by atoms with Gasteiger partial charge in [-0.25, -0.2) is 4.98 Å². The Balaban J connectivity index is 2.90. The standard InChI is InChI=1S/C10H15N3O/c1-4-13(3)10(14)8-6-5-7-9(11-2)12-8/h5-7H,4H2,1-3H3,(H,11,12). The van der Waals surface area contributed by atoms with Crippen molar-refractivity contribution in [3.8, 4) is 0 Å². The number of carbonyl (C=O) groups excluding carboxylic acids is 1. The second kappa shape index (κ2) is 4.60. The SMILES string of the molecule is CCN(C)C(=O)c1cccc(NC)n1. The van der Waals surface area contributed by atoms with E-state index >= 15 is 0 Å². The van der Waals surface area contributed by atoms with Crippen LogP contribution in [-0.2, 0) is 0 Å². The molecule has 0 aliphatic carbocycles. The molecule has 1 N–H and O–H groups in total. The van der Waals surface area contributed by atoms with Crippen LogP contribution in [0.2, 0.25) is 0 Å².